The molecule has 2 aromatic rings. The minimum Gasteiger partial charge on any atom is -0.731 e. The summed E-state index contributed by atoms with van der Waals surface area (Å²) >= 11 is 0. The van der Waals surface area contributed by atoms with Gasteiger partial charge < -0.3 is 9.45 Å². The summed E-state index contributed by atoms with van der Waals surface area (Å²) in [5.74, 6) is 0. The minimum atomic E-state index is -4.62. The van der Waals surface area contributed by atoms with E-state index in [2.05, 4.69) is 11.8 Å². The van der Waals surface area contributed by atoms with Gasteiger partial charge in [-0.25, -0.2) is 8.42 Å². The van der Waals surface area contributed by atoms with Gasteiger partial charge in [0.25, 0.3) is 0 Å². The van der Waals surface area contributed by atoms with Crippen molar-refractivity contribution < 1.29 is 64.4 Å². The van der Waals surface area contributed by atoms with E-state index in [4.69, 9.17) is 0 Å². The topological polar surface area (TPSA) is 63.7 Å². The second-order valence-corrected chi connectivity index (χ2v) is 11.1. The van der Waals surface area contributed by atoms with E-state index in [1.54, 1.807) is 12.1 Å². The van der Waals surface area contributed by atoms with Crippen LogP contribution in [0.1, 0.15) is 102 Å². The number of hydrogen-bond donors (Lipinski definition) is 0. The fourth-order valence-corrected chi connectivity index (χ4v) is 6.11. The third-order valence-corrected chi connectivity index (χ3v) is 7.98. The van der Waals surface area contributed by atoms with Gasteiger partial charge in [-0.2, -0.15) is 0 Å². The molecule has 1 unspecified atom stereocenters. The first-order valence-electron chi connectivity index (χ1n) is 13.7. The van der Waals surface area contributed by atoms with E-state index in [1.807, 2.05) is 42.5 Å². The van der Waals surface area contributed by atoms with Gasteiger partial charge in [0.05, 0.1) is 11.4 Å². The van der Waals surface area contributed by atoms with Gasteiger partial charge in [0, 0.05) is 6.54 Å². The summed E-state index contributed by atoms with van der Waals surface area (Å²) in [6.07, 6.45) is 16.7. The molecule has 0 saturated heterocycles. The van der Waals surface area contributed by atoms with Gasteiger partial charge in [-0.1, -0.05) is 126 Å². The molecule has 0 aromatic heterocycles. The number of anilines is 2. The van der Waals surface area contributed by atoms with Crippen LogP contribution in [0.3, 0.4) is 0 Å². The maximum absolute atomic E-state index is 12.3. The third-order valence-electron chi connectivity index (χ3n) is 7.06. The number of nitrogens with zero attached hydrogens (tertiary/aromatic N) is 2. The first-order chi connectivity index (χ1) is 17.0. The molecule has 0 fully saturated rings. The van der Waals surface area contributed by atoms with E-state index in [9.17, 15) is 13.0 Å². The molecule has 36 heavy (non-hydrogen) atoms. The molecule has 0 radical (unpaired) electrons. The Labute approximate surface area is 262 Å². The Balaban J connectivity index is 0.00000456. The zero-order valence-corrected chi connectivity index (χ0v) is 26.3. The summed E-state index contributed by atoms with van der Waals surface area (Å²) in [6, 6.07) is 17.4. The summed E-state index contributed by atoms with van der Waals surface area (Å²) in [6.45, 7) is 2.84. The number of rotatable bonds is 17. The van der Waals surface area contributed by atoms with Gasteiger partial charge in [-0.15, -0.1) is 0 Å². The first kappa shape index (κ1) is 31.8. The van der Waals surface area contributed by atoms with E-state index >= 15 is 0 Å². The Hall–Kier alpha value is -0.414. The van der Waals surface area contributed by atoms with Crippen molar-refractivity contribution >= 4 is 21.7 Å². The van der Waals surface area contributed by atoms with Crippen molar-refractivity contribution in [2.75, 3.05) is 9.21 Å². The molecule has 2 aromatic carbocycles. The minimum absolute atomic E-state index is 0. The predicted molar refractivity (Wildman–Crippen MR) is 145 cm³/mol. The summed E-state index contributed by atoms with van der Waals surface area (Å²) in [4.78, 5) is 2.08. The van der Waals surface area contributed by atoms with E-state index in [0.717, 1.165) is 28.4 Å². The van der Waals surface area contributed by atoms with Crippen LogP contribution >= 0.6 is 0 Å². The molecule has 0 aliphatic carbocycles. The van der Waals surface area contributed by atoms with Crippen LogP contribution in [-0.4, -0.2) is 19.1 Å². The molecule has 7 heteroatoms. The van der Waals surface area contributed by atoms with Gasteiger partial charge in [-0.3, -0.25) is 4.31 Å². The van der Waals surface area contributed by atoms with Crippen molar-refractivity contribution in [3.05, 3.63) is 60.2 Å². The molecular weight excluding hydrogens is 495 g/mol. The molecule has 1 heterocycles. The number of benzene rings is 2. The molecule has 1 aliphatic heterocycles. The van der Waals surface area contributed by atoms with Crippen molar-refractivity contribution in [3.8, 4) is 0 Å². The fraction of sp³-hybridized carbons (Fsp3) is 0.586. The van der Waals surface area contributed by atoms with E-state index < -0.39 is 16.5 Å². The predicted octanol–water partition coefficient (Wildman–Crippen LogP) is 4.78. The molecule has 194 valence electrons. The van der Waals surface area contributed by atoms with Gasteiger partial charge in [0.1, 0.15) is 6.17 Å². The number of para-hydroxylation sites is 2. The molecular formula is C29H43KN2O3S. The Kier molecular flexibility index (Phi) is 15.2. The monoisotopic (exact) mass is 538 g/mol. The van der Waals surface area contributed by atoms with Crippen LogP contribution in [0.5, 0.6) is 0 Å². The van der Waals surface area contributed by atoms with Crippen LogP contribution < -0.4 is 60.6 Å². The largest absolute Gasteiger partial charge is 1.00 e. The van der Waals surface area contributed by atoms with Crippen LogP contribution in [0.15, 0.2) is 54.6 Å². The summed E-state index contributed by atoms with van der Waals surface area (Å²) in [5.41, 5.74) is 2.41. The van der Waals surface area contributed by atoms with Crippen LogP contribution in [0, 0.1) is 0 Å². The molecule has 0 amide bonds. The molecule has 3 rings (SSSR count). The zero-order valence-electron chi connectivity index (χ0n) is 22.4. The van der Waals surface area contributed by atoms with Crippen molar-refractivity contribution in [1.29, 1.82) is 0 Å². The molecule has 1 aliphatic rings. The number of fused-ring (bicyclic) bond motifs is 1. The summed E-state index contributed by atoms with van der Waals surface area (Å²) in [7, 11) is -4.62. The van der Waals surface area contributed by atoms with E-state index in [1.165, 1.54) is 70.6 Å². The summed E-state index contributed by atoms with van der Waals surface area (Å²) < 4.78 is 37.9. The second-order valence-electron chi connectivity index (χ2n) is 9.87. The van der Waals surface area contributed by atoms with Crippen LogP contribution in [0.4, 0.5) is 11.4 Å². The standard InChI is InChI=1S/C29H44N2O3S.K/c1-2-3-4-5-6-7-8-9-10-11-12-13-17-24-29-30(25-26-20-15-14-16-21-26)27-22-18-19-23-28(27)31(29)35(32,33)34;/h14-16,18-23,29H,2-13,17,24-25H2,1H3,(H,32,33,34);/q;+1/p-1. The maximum Gasteiger partial charge on any atom is 1.00 e. The smallest absolute Gasteiger partial charge is 0.731 e. The molecule has 0 saturated carbocycles. The Morgan fingerprint density at radius 1 is 0.694 bits per heavy atom. The quantitative estimate of drug-likeness (QED) is 0.165. The second kappa shape index (κ2) is 17.2. The van der Waals surface area contributed by atoms with Gasteiger partial charge >= 0.3 is 51.4 Å². The average Bonchev–Trinajstić information content (AvgIpc) is 3.16. The normalized spacial score (nSPS) is 15.1. The third kappa shape index (κ3) is 10.0. The maximum atomic E-state index is 12.3. The Bertz CT molecular complexity index is 971. The van der Waals surface area contributed by atoms with Crippen molar-refractivity contribution in [1.82, 2.24) is 0 Å². The van der Waals surface area contributed by atoms with Gasteiger partial charge in [0.15, 0.2) is 10.3 Å². The molecule has 0 bridgehead atoms. The number of unbranched alkanes of at least 4 members (excludes halogenated alkanes) is 12. The molecule has 5 nitrogen and oxygen atoms in total. The molecule has 1 atom stereocenters. The summed E-state index contributed by atoms with van der Waals surface area (Å²) in [5, 5.41) is 0. The van der Waals surface area contributed by atoms with Crippen molar-refractivity contribution in [2.24, 2.45) is 0 Å². The van der Waals surface area contributed by atoms with Crippen LogP contribution in [0.2, 0.25) is 0 Å². The van der Waals surface area contributed by atoms with Crippen LogP contribution in [0.25, 0.3) is 0 Å². The number of hydrogen-bond acceptors (Lipinski definition) is 4. The van der Waals surface area contributed by atoms with Gasteiger partial charge in [0.2, 0.25) is 0 Å². The Morgan fingerprint density at radius 3 is 1.69 bits per heavy atom. The van der Waals surface area contributed by atoms with Crippen molar-refractivity contribution in [3.63, 3.8) is 0 Å². The zero-order chi connectivity index (χ0) is 24.9. The molecule has 0 N–H and O–H groups in total. The van der Waals surface area contributed by atoms with Crippen molar-refractivity contribution in [2.45, 2.75) is 110 Å². The Morgan fingerprint density at radius 2 is 1.17 bits per heavy atom. The average molecular weight is 539 g/mol. The SMILES string of the molecule is CCCCCCCCCCCCCCCC1N(Cc2ccccc2)c2ccccc2N1S(=O)(=O)[O-].[K+]. The first-order valence-corrected chi connectivity index (χ1v) is 15.0. The van der Waals surface area contributed by atoms with Gasteiger partial charge in [-0.05, 0) is 30.5 Å². The fourth-order valence-electron chi connectivity index (χ4n) is 5.20. The molecule has 0 spiro atoms. The van der Waals surface area contributed by atoms with Crippen LogP contribution in [-0.2, 0) is 16.8 Å². The van der Waals surface area contributed by atoms with E-state index in [0.29, 0.717) is 18.7 Å². The van der Waals surface area contributed by atoms with E-state index in [-0.39, 0.29) is 51.4 Å².